The van der Waals surface area contributed by atoms with Crippen molar-refractivity contribution in [1.82, 2.24) is 19.9 Å². The molecule has 3 saturated heterocycles. The SMILES string of the molecule is Nc1cccc(Cc2nc(C3CN4CCN3CC4)no2)c1. The Hall–Kier alpha value is -1.92. The van der Waals surface area contributed by atoms with E-state index in [4.69, 9.17) is 10.3 Å². The number of fused-ring (bicyclic) bond motifs is 3. The molecule has 0 amide bonds. The molecule has 2 bridgehead atoms. The minimum atomic E-state index is 0.283. The molecule has 1 unspecified atom stereocenters. The molecular weight excluding hydrogens is 266 g/mol. The van der Waals surface area contributed by atoms with Gasteiger partial charge in [0.2, 0.25) is 5.89 Å². The Balaban J connectivity index is 1.51. The second-order valence-electron chi connectivity index (χ2n) is 5.82. The summed E-state index contributed by atoms with van der Waals surface area (Å²) in [6.07, 6.45) is 0.633. The average molecular weight is 285 g/mol. The predicted molar refractivity (Wildman–Crippen MR) is 78.7 cm³/mol. The zero-order valence-electron chi connectivity index (χ0n) is 11.9. The molecule has 6 heteroatoms. The van der Waals surface area contributed by atoms with E-state index in [-0.39, 0.29) is 6.04 Å². The van der Waals surface area contributed by atoms with Gasteiger partial charge in [0.1, 0.15) is 0 Å². The molecule has 0 saturated carbocycles. The Morgan fingerprint density at radius 1 is 1.24 bits per heavy atom. The summed E-state index contributed by atoms with van der Waals surface area (Å²) in [7, 11) is 0. The van der Waals surface area contributed by atoms with Crippen molar-refractivity contribution < 1.29 is 4.52 Å². The average Bonchev–Trinajstić information content (AvgIpc) is 2.97. The molecule has 21 heavy (non-hydrogen) atoms. The van der Waals surface area contributed by atoms with Crippen LogP contribution in [-0.2, 0) is 6.42 Å². The molecule has 4 heterocycles. The van der Waals surface area contributed by atoms with Gasteiger partial charge in [-0.05, 0) is 17.7 Å². The van der Waals surface area contributed by atoms with E-state index in [0.717, 1.165) is 49.8 Å². The van der Waals surface area contributed by atoms with E-state index in [1.807, 2.05) is 24.3 Å². The molecule has 3 aliphatic rings. The highest BCUT2D eigenvalue weighted by Crippen LogP contribution is 2.27. The highest BCUT2D eigenvalue weighted by molar-refractivity contribution is 5.41. The van der Waals surface area contributed by atoms with Gasteiger partial charge in [-0.2, -0.15) is 4.98 Å². The van der Waals surface area contributed by atoms with Crippen molar-refractivity contribution in [3.05, 3.63) is 41.5 Å². The van der Waals surface area contributed by atoms with Gasteiger partial charge in [0.05, 0.1) is 12.5 Å². The lowest BCUT2D eigenvalue weighted by Crippen LogP contribution is -2.57. The number of rotatable bonds is 3. The van der Waals surface area contributed by atoms with Crippen LogP contribution in [0.4, 0.5) is 5.69 Å². The van der Waals surface area contributed by atoms with Crippen molar-refractivity contribution in [1.29, 1.82) is 0 Å². The highest BCUT2D eigenvalue weighted by Gasteiger charge is 2.35. The molecule has 110 valence electrons. The van der Waals surface area contributed by atoms with Gasteiger partial charge >= 0.3 is 0 Å². The van der Waals surface area contributed by atoms with Crippen LogP contribution in [0.2, 0.25) is 0 Å². The molecule has 2 N–H and O–H groups in total. The van der Waals surface area contributed by atoms with Gasteiger partial charge in [-0.25, -0.2) is 0 Å². The number of nitrogens with two attached hydrogens (primary N) is 1. The Morgan fingerprint density at radius 3 is 2.81 bits per heavy atom. The normalized spacial score (nSPS) is 27.9. The summed E-state index contributed by atoms with van der Waals surface area (Å²) in [5.74, 6) is 1.48. The molecule has 1 aromatic carbocycles. The van der Waals surface area contributed by atoms with Crippen molar-refractivity contribution in [2.75, 3.05) is 38.5 Å². The number of nitrogens with zero attached hydrogens (tertiary/aromatic N) is 4. The molecular formula is C15H19N5O. The van der Waals surface area contributed by atoms with Crippen LogP contribution < -0.4 is 5.73 Å². The summed E-state index contributed by atoms with van der Waals surface area (Å²) in [5.41, 5.74) is 7.65. The number of nitrogen functional groups attached to an aromatic ring is 1. The van der Waals surface area contributed by atoms with E-state index in [2.05, 4.69) is 19.9 Å². The quantitative estimate of drug-likeness (QED) is 0.845. The molecule has 0 aliphatic carbocycles. The van der Waals surface area contributed by atoms with E-state index in [0.29, 0.717) is 12.3 Å². The van der Waals surface area contributed by atoms with Gasteiger partial charge in [0.25, 0.3) is 0 Å². The minimum Gasteiger partial charge on any atom is -0.399 e. The van der Waals surface area contributed by atoms with Crippen LogP contribution in [0, 0.1) is 0 Å². The van der Waals surface area contributed by atoms with Crippen LogP contribution >= 0.6 is 0 Å². The number of aromatic nitrogens is 2. The van der Waals surface area contributed by atoms with Crippen molar-refractivity contribution in [3.8, 4) is 0 Å². The van der Waals surface area contributed by atoms with Crippen LogP contribution in [0.3, 0.4) is 0 Å². The Kier molecular flexibility index (Phi) is 3.12. The Morgan fingerprint density at radius 2 is 2.10 bits per heavy atom. The van der Waals surface area contributed by atoms with E-state index in [9.17, 15) is 0 Å². The van der Waals surface area contributed by atoms with Gasteiger partial charge in [0.15, 0.2) is 5.82 Å². The van der Waals surface area contributed by atoms with E-state index < -0.39 is 0 Å². The fourth-order valence-corrected chi connectivity index (χ4v) is 3.22. The van der Waals surface area contributed by atoms with E-state index >= 15 is 0 Å². The lowest BCUT2D eigenvalue weighted by Gasteiger charge is -2.46. The fraction of sp³-hybridized carbons (Fsp3) is 0.467. The zero-order chi connectivity index (χ0) is 14.2. The molecule has 5 rings (SSSR count). The predicted octanol–water partition coefficient (Wildman–Crippen LogP) is 0.915. The zero-order valence-corrected chi connectivity index (χ0v) is 11.9. The molecule has 0 radical (unpaired) electrons. The maximum Gasteiger partial charge on any atom is 0.231 e. The summed E-state index contributed by atoms with van der Waals surface area (Å²) in [5, 5.41) is 4.19. The van der Waals surface area contributed by atoms with Crippen molar-refractivity contribution >= 4 is 5.69 Å². The van der Waals surface area contributed by atoms with Crippen molar-refractivity contribution in [2.24, 2.45) is 0 Å². The lowest BCUT2D eigenvalue weighted by molar-refractivity contribution is 0.00781. The van der Waals surface area contributed by atoms with Gasteiger partial charge in [-0.3, -0.25) is 9.80 Å². The second-order valence-corrected chi connectivity index (χ2v) is 5.82. The third-order valence-corrected chi connectivity index (χ3v) is 4.37. The largest absolute Gasteiger partial charge is 0.399 e. The first-order chi connectivity index (χ1) is 10.3. The standard InChI is InChI=1S/C15H19N5O/c16-12-3-1-2-11(8-12)9-14-17-15(18-21-14)13-10-19-4-6-20(13)7-5-19/h1-3,8,13H,4-7,9-10,16H2. The number of benzene rings is 1. The molecule has 2 aromatic rings. The monoisotopic (exact) mass is 285 g/mol. The molecule has 6 nitrogen and oxygen atoms in total. The first-order valence-electron chi connectivity index (χ1n) is 7.41. The van der Waals surface area contributed by atoms with Crippen LogP contribution in [0.5, 0.6) is 0 Å². The van der Waals surface area contributed by atoms with Gasteiger partial charge in [-0.1, -0.05) is 17.3 Å². The summed E-state index contributed by atoms with van der Waals surface area (Å²) in [6.45, 7) is 5.53. The summed E-state index contributed by atoms with van der Waals surface area (Å²) in [6, 6.07) is 8.08. The number of piperazine rings is 3. The maximum atomic E-state index is 5.80. The first-order valence-corrected chi connectivity index (χ1v) is 7.41. The maximum absolute atomic E-state index is 5.80. The smallest absolute Gasteiger partial charge is 0.231 e. The molecule has 1 atom stereocenters. The molecule has 3 aliphatic heterocycles. The van der Waals surface area contributed by atoms with Gasteiger partial charge < -0.3 is 10.3 Å². The van der Waals surface area contributed by atoms with Crippen LogP contribution in [0.25, 0.3) is 0 Å². The third kappa shape index (κ3) is 2.52. The van der Waals surface area contributed by atoms with Crippen LogP contribution in [-0.4, -0.2) is 52.7 Å². The van der Waals surface area contributed by atoms with Crippen molar-refractivity contribution in [3.63, 3.8) is 0 Å². The van der Waals surface area contributed by atoms with E-state index in [1.165, 1.54) is 0 Å². The van der Waals surface area contributed by atoms with Crippen molar-refractivity contribution in [2.45, 2.75) is 12.5 Å². The van der Waals surface area contributed by atoms with Crippen LogP contribution in [0.15, 0.2) is 28.8 Å². The van der Waals surface area contributed by atoms with Crippen LogP contribution in [0.1, 0.15) is 23.3 Å². The molecule has 1 aromatic heterocycles. The summed E-state index contributed by atoms with van der Waals surface area (Å²) >= 11 is 0. The molecule has 3 fully saturated rings. The van der Waals surface area contributed by atoms with Gasteiger partial charge in [-0.15, -0.1) is 0 Å². The first kappa shape index (κ1) is 12.8. The fourth-order valence-electron chi connectivity index (χ4n) is 3.22. The number of anilines is 1. The van der Waals surface area contributed by atoms with Gasteiger partial charge in [0, 0.05) is 38.4 Å². The number of hydrogen-bond donors (Lipinski definition) is 1. The highest BCUT2D eigenvalue weighted by atomic mass is 16.5. The second kappa shape index (κ2) is 5.13. The number of hydrogen-bond acceptors (Lipinski definition) is 6. The molecule has 0 spiro atoms. The summed E-state index contributed by atoms with van der Waals surface area (Å²) < 4.78 is 5.42. The lowest BCUT2D eigenvalue weighted by atomic mass is 10.1. The van der Waals surface area contributed by atoms with E-state index in [1.54, 1.807) is 0 Å². The third-order valence-electron chi connectivity index (χ3n) is 4.37. The Labute approximate surface area is 123 Å². The summed E-state index contributed by atoms with van der Waals surface area (Å²) in [4.78, 5) is 9.52. The Bertz CT molecular complexity index is 632. The minimum absolute atomic E-state index is 0.283. The topological polar surface area (TPSA) is 71.4 Å².